The van der Waals surface area contributed by atoms with Crippen LogP contribution in [0, 0.1) is 13.8 Å². The Kier molecular flexibility index (Phi) is 4.88. The number of carboxylic acids is 1. The lowest BCUT2D eigenvalue weighted by atomic mass is 10.1. The van der Waals surface area contributed by atoms with Gasteiger partial charge in [-0.2, -0.15) is 0 Å². The van der Waals surface area contributed by atoms with Crippen molar-refractivity contribution in [3.05, 3.63) is 59.4 Å². The smallest absolute Gasteiger partial charge is 0.335 e. The van der Waals surface area contributed by atoms with Crippen LogP contribution in [0.1, 0.15) is 27.9 Å². The van der Waals surface area contributed by atoms with E-state index >= 15 is 0 Å². The second kappa shape index (κ2) is 6.85. The first-order valence-electron chi connectivity index (χ1n) is 7.05. The summed E-state index contributed by atoms with van der Waals surface area (Å²) in [7, 11) is 0. The maximum Gasteiger partial charge on any atom is 0.335 e. The van der Waals surface area contributed by atoms with Crippen LogP contribution in [0.3, 0.4) is 0 Å². The van der Waals surface area contributed by atoms with Gasteiger partial charge in [-0.05, 0) is 37.1 Å². The molecule has 0 radical (unpaired) electrons. The number of hydrogen-bond acceptors (Lipinski definition) is 2. The molecule has 2 aromatic rings. The lowest BCUT2D eigenvalue weighted by molar-refractivity contribution is -0.695. The minimum atomic E-state index is -1.01. The molecule has 0 aliphatic heterocycles. The molecule has 0 spiro atoms. The van der Waals surface area contributed by atoms with Crippen LogP contribution in [-0.4, -0.2) is 17.0 Å². The first-order valence-corrected chi connectivity index (χ1v) is 7.05. The summed E-state index contributed by atoms with van der Waals surface area (Å²) in [6.07, 6.45) is 4.18. The Morgan fingerprint density at radius 2 is 1.82 bits per heavy atom. The zero-order chi connectivity index (χ0) is 16.1. The molecular weight excluding hydrogens is 280 g/mol. The number of carboxylic acid groups (broad SMARTS) is 1. The number of anilines is 1. The fraction of sp³-hybridized carbons (Fsp3) is 0.235. The fourth-order valence-electron chi connectivity index (χ4n) is 2.01. The van der Waals surface area contributed by atoms with Gasteiger partial charge in [0.05, 0.1) is 12.0 Å². The van der Waals surface area contributed by atoms with Crippen molar-refractivity contribution in [2.75, 3.05) is 5.32 Å². The molecule has 0 bridgehead atoms. The molecule has 1 amide bonds. The molecule has 0 aliphatic carbocycles. The molecule has 2 N–H and O–H groups in total. The SMILES string of the molecule is Cc1cc[n+](CCC(=O)Nc2cc(C(=O)O)ccc2C)cc1. The van der Waals surface area contributed by atoms with Gasteiger partial charge in [-0.25, -0.2) is 9.36 Å². The standard InChI is InChI=1S/C17H18N2O3/c1-12-5-8-19(9-6-12)10-7-16(20)18-15-11-14(17(21)22)4-3-13(15)2/h3-6,8-9,11H,7,10H2,1-2H3,(H-,18,20,21,22)/p+1. The van der Waals surface area contributed by atoms with E-state index in [-0.39, 0.29) is 11.5 Å². The summed E-state index contributed by atoms with van der Waals surface area (Å²) >= 11 is 0. The Hall–Kier alpha value is -2.69. The number of hydrogen-bond donors (Lipinski definition) is 2. The Morgan fingerprint density at radius 3 is 2.45 bits per heavy atom. The predicted molar refractivity (Wildman–Crippen MR) is 82.8 cm³/mol. The van der Waals surface area contributed by atoms with Crippen molar-refractivity contribution in [2.45, 2.75) is 26.8 Å². The number of aromatic carboxylic acids is 1. The third-order valence-electron chi connectivity index (χ3n) is 3.41. The lowest BCUT2D eigenvalue weighted by Crippen LogP contribution is -2.34. The normalized spacial score (nSPS) is 10.3. The second-order valence-electron chi connectivity index (χ2n) is 5.25. The summed E-state index contributed by atoms with van der Waals surface area (Å²) in [6.45, 7) is 4.41. The van der Waals surface area contributed by atoms with E-state index in [1.807, 2.05) is 42.9 Å². The third-order valence-corrected chi connectivity index (χ3v) is 3.41. The molecule has 2 rings (SSSR count). The molecule has 1 heterocycles. The summed E-state index contributed by atoms with van der Waals surface area (Å²) in [5.41, 5.74) is 2.70. The predicted octanol–water partition coefficient (Wildman–Crippen LogP) is 2.32. The van der Waals surface area contributed by atoms with Crippen LogP contribution in [0.15, 0.2) is 42.7 Å². The minimum Gasteiger partial charge on any atom is -0.478 e. The van der Waals surface area contributed by atoms with Gasteiger partial charge >= 0.3 is 5.97 Å². The van der Waals surface area contributed by atoms with Crippen LogP contribution in [0.2, 0.25) is 0 Å². The molecule has 5 heteroatoms. The molecule has 0 aliphatic rings. The third kappa shape index (κ3) is 4.15. The average Bonchev–Trinajstić information content (AvgIpc) is 2.48. The van der Waals surface area contributed by atoms with E-state index in [4.69, 9.17) is 5.11 Å². The van der Waals surface area contributed by atoms with Crippen molar-refractivity contribution in [1.29, 1.82) is 0 Å². The summed E-state index contributed by atoms with van der Waals surface area (Å²) in [4.78, 5) is 23.0. The summed E-state index contributed by atoms with van der Waals surface area (Å²) in [5.74, 6) is -1.15. The van der Waals surface area contributed by atoms with Gasteiger partial charge in [0.25, 0.3) is 0 Å². The number of aryl methyl sites for hydroxylation is 3. The van der Waals surface area contributed by atoms with Crippen LogP contribution in [-0.2, 0) is 11.3 Å². The number of benzene rings is 1. The number of carbonyl (C=O) groups is 2. The van der Waals surface area contributed by atoms with E-state index in [2.05, 4.69) is 5.32 Å². The van der Waals surface area contributed by atoms with Crippen LogP contribution in [0.5, 0.6) is 0 Å². The van der Waals surface area contributed by atoms with Gasteiger partial charge in [-0.3, -0.25) is 4.79 Å². The van der Waals surface area contributed by atoms with Gasteiger partial charge in [0.2, 0.25) is 5.91 Å². The zero-order valence-corrected chi connectivity index (χ0v) is 12.7. The molecule has 0 atom stereocenters. The van der Waals surface area contributed by atoms with E-state index in [1.165, 1.54) is 17.7 Å². The van der Waals surface area contributed by atoms with Crippen molar-refractivity contribution < 1.29 is 19.3 Å². The van der Waals surface area contributed by atoms with E-state index in [9.17, 15) is 9.59 Å². The number of amides is 1. The van der Waals surface area contributed by atoms with Gasteiger partial charge in [0.15, 0.2) is 18.9 Å². The Morgan fingerprint density at radius 1 is 1.14 bits per heavy atom. The number of aromatic nitrogens is 1. The highest BCUT2D eigenvalue weighted by atomic mass is 16.4. The molecule has 0 unspecified atom stereocenters. The van der Waals surface area contributed by atoms with Crippen LogP contribution < -0.4 is 9.88 Å². The van der Waals surface area contributed by atoms with Gasteiger partial charge < -0.3 is 10.4 Å². The lowest BCUT2D eigenvalue weighted by Gasteiger charge is -2.08. The average molecular weight is 299 g/mol. The summed E-state index contributed by atoms with van der Waals surface area (Å²) < 4.78 is 1.94. The Labute approximate surface area is 129 Å². The van der Waals surface area contributed by atoms with Crippen molar-refractivity contribution in [2.24, 2.45) is 0 Å². The zero-order valence-electron chi connectivity index (χ0n) is 12.7. The number of carbonyl (C=O) groups excluding carboxylic acids is 1. The molecule has 1 aromatic heterocycles. The Balaban J connectivity index is 1.98. The summed E-state index contributed by atoms with van der Waals surface area (Å²) in [5, 5.41) is 11.8. The van der Waals surface area contributed by atoms with Crippen molar-refractivity contribution in [3.8, 4) is 0 Å². The topological polar surface area (TPSA) is 70.3 Å². The largest absolute Gasteiger partial charge is 0.478 e. The van der Waals surface area contributed by atoms with Crippen LogP contribution in [0.4, 0.5) is 5.69 Å². The monoisotopic (exact) mass is 299 g/mol. The maximum absolute atomic E-state index is 12.0. The summed E-state index contributed by atoms with van der Waals surface area (Å²) in [6, 6.07) is 8.66. The number of pyridine rings is 1. The molecule has 22 heavy (non-hydrogen) atoms. The molecule has 0 fully saturated rings. The van der Waals surface area contributed by atoms with Gasteiger partial charge in [0.1, 0.15) is 0 Å². The van der Waals surface area contributed by atoms with Crippen molar-refractivity contribution >= 4 is 17.6 Å². The van der Waals surface area contributed by atoms with Gasteiger partial charge in [-0.1, -0.05) is 6.07 Å². The van der Waals surface area contributed by atoms with E-state index in [0.717, 1.165) is 5.56 Å². The maximum atomic E-state index is 12.0. The van der Waals surface area contributed by atoms with E-state index in [0.29, 0.717) is 18.7 Å². The first-order chi connectivity index (χ1) is 10.5. The highest BCUT2D eigenvalue weighted by Crippen LogP contribution is 2.17. The molecule has 0 saturated carbocycles. The number of nitrogens with zero attached hydrogens (tertiary/aromatic N) is 1. The second-order valence-corrected chi connectivity index (χ2v) is 5.25. The molecule has 0 saturated heterocycles. The fourth-order valence-corrected chi connectivity index (χ4v) is 2.01. The molecule has 1 aromatic carbocycles. The minimum absolute atomic E-state index is 0.140. The molecule has 114 valence electrons. The van der Waals surface area contributed by atoms with E-state index in [1.54, 1.807) is 6.07 Å². The van der Waals surface area contributed by atoms with Gasteiger partial charge in [-0.15, -0.1) is 0 Å². The van der Waals surface area contributed by atoms with Crippen LogP contribution >= 0.6 is 0 Å². The quantitative estimate of drug-likeness (QED) is 0.832. The number of rotatable bonds is 5. The van der Waals surface area contributed by atoms with Crippen LogP contribution in [0.25, 0.3) is 0 Å². The molecule has 5 nitrogen and oxygen atoms in total. The molecular formula is C17H19N2O3+. The Bertz CT molecular complexity index is 694. The van der Waals surface area contributed by atoms with E-state index < -0.39 is 5.97 Å². The number of nitrogens with one attached hydrogen (secondary N) is 1. The highest BCUT2D eigenvalue weighted by Gasteiger charge is 2.11. The van der Waals surface area contributed by atoms with Crippen molar-refractivity contribution in [3.63, 3.8) is 0 Å². The van der Waals surface area contributed by atoms with Crippen molar-refractivity contribution in [1.82, 2.24) is 0 Å². The van der Waals surface area contributed by atoms with Gasteiger partial charge in [0, 0.05) is 17.8 Å². The highest BCUT2D eigenvalue weighted by molar-refractivity contribution is 5.94. The first kappa shape index (κ1) is 15.7.